The van der Waals surface area contributed by atoms with Crippen molar-refractivity contribution in [2.24, 2.45) is 5.73 Å². The van der Waals surface area contributed by atoms with Crippen LogP contribution in [0.3, 0.4) is 0 Å². The van der Waals surface area contributed by atoms with Crippen LogP contribution in [0.4, 0.5) is 0 Å². The van der Waals surface area contributed by atoms with E-state index in [0.717, 1.165) is 17.9 Å². The lowest BCUT2D eigenvalue weighted by Gasteiger charge is -2.36. The topological polar surface area (TPSA) is 44.5 Å². The van der Waals surface area contributed by atoms with E-state index < -0.39 is 5.79 Å². The molecule has 2 rings (SSSR count). The fourth-order valence-corrected chi connectivity index (χ4v) is 2.67. The molecule has 1 unspecified atom stereocenters. The van der Waals surface area contributed by atoms with Crippen molar-refractivity contribution >= 4 is 11.8 Å². The highest BCUT2D eigenvalue weighted by Crippen LogP contribution is 2.33. The van der Waals surface area contributed by atoms with E-state index in [0.29, 0.717) is 13.2 Å². The van der Waals surface area contributed by atoms with Gasteiger partial charge in [0.15, 0.2) is 5.79 Å². The normalized spacial score (nSPS) is 36.3. The monoisotopic (exact) mass is 175 g/mol. The van der Waals surface area contributed by atoms with Gasteiger partial charge in [-0.05, 0) is 5.75 Å². The molecule has 0 amide bonds. The first-order chi connectivity index (χ1) is 5.33. The van der Waals surface area contributed by atoms with Gasteiger partial charge in [-0.1, -0.05) is 0 Å². The largest absolute Gasteiger partial charge is 0.346 e. The zero-order valence-electron chi connectivity index (χ0n) is 6.41. The quantitative estimate of drug-likeness (QED) is 0.571. The third kappa shape index (κ3) is 1.28. The molecule has 0 aliphatic carbocycles. The van der Waals surface area contributed by atoms with Gasteiger partial charge in [0, 0.05) is 12.2 Å². The van der Waals surface area contributed by atoms with Crippen molar-refractivity contribution < 1.29 is 9.47 Å². The summed E-state index contributed by atoms with van der Waals surface area (Å²) in [6.45, 7) is 1.41. The van der Waals surface area contributed by atoms with Crippen LogP contribution < -0.4 is 5.73 Å². The van der Waals surface area contributed by atoms with Crippen LogP contribution >= 0.6 is 11.8 Å². The number of thioether (sulfide) groups is 1. The molecule has 1 spiro atoms. The third-order valence-electron chi connectivity index (χ3n) is 2.23. The number of rotatable bonds is 0. The van der Waals surface area contributed by atoms with E-state index in [9.17, 15) is 0 Å². The Morgan fingerprint density at radius 1 is 1.36 bits per heavy atom. The molecular weight excluding hydrogens is 162 g/mol. The fraction of sp³-hybridized carbons (Fsp3) is 1.00. The minimum atomic E-state index is -0.411. The Kier molecular flexibility index (Phi) is 2.10. The smallest absolute Gasteiger partial charge is 0.185 e. The Morgan fingerprint density at radius 3 is 2.73 bits per heavy atom. The van der Waals surface area contributed by atoms with Gasteiger partial charge in [0.25, 0.3) is 0 Å². The summed E-state index contributed by atoms with van der Waals surface area (Å²) in [6, 6.07) is 0.0590. The zero-order chi connectivity index (χ0) is 7.73. The standard InChI is InChI=1S/C7H13NO2S/c8-6-5-11-4-1-7(6)9-2-3-10-7/h6H,1-5,8H2. The van der Waals surface area contributed by atoms with Gasteiger partial charge in [0.2, 0.25) is 0 Å². The van der Waals surface area contributed by atoms with Crippen molar-refractivity contribution in [3.63, 3.8) is 0 Å². The molecule has 2 aliphatic heterocycles. The van der Waals surface area contributed by atoms with Gasteiger partial charge >= 0.3 is 0 Å². The van der Waals surface area contributed by atoms with E-state index in [1.54, 1.807) is 0 Å². The van der Waals surface area contributed by atoms with Crippen molar-refractivity contribution in [1.29, 1.82) is 0 Å². The first kappa shape index (κ1) is 7.86. The highest BCUT2D eigenvalue weighted by Gasteiger charge is 2.44. The lowest BCUT2D eigenvalue weighted by atomic mass is 10.1. The molecule has 0 aromatic heterocycles. The molecule has 2 N–H and O–H groups in total. The first-order valence-electron chi connectivity index (χ1n) is 3.95. The van der Waals surface area contributed by atoms with Gasteiger partial charge in [0.05, 0.1) is 19.3 Å². The summed E-state index contributed by atoms with van der Waals surface area (Å²) in [5.74, 6) is 1.65. The Hall–Kier alpha value is 0.230. The maximum absolute atomic E-state index is 5.90. The molecular formula is C7H13NO2S. The predicted molar refractivity (Wildman–Crippen MR) is 44.6 cm³/mol. The van der Waals surface area contributed by atoms with Crippen LogP contribution in [-0.2, 0) is 9.47 Å². The van der Waals surface area contributed by atoms with Gasteiger partial charge < -0.3 is 15.2 Å². The molecule has 1 atom stereocenters. The van der Waals surface area contributed by atoms with Gasteiger partial charge in [-0.3, -0.25) is 0 Å². The van der Waals surface area contributed by atoms with Crippen LogP contribution in [0.25, 0.3) is 0 Å². The highest BCUT2D eigenvalue weighted by molar-refractivity contribution is 7.99. The molecule has 11 heavy (non-hydrogen) atoms. The highest BCUT2D eigenvalue weighted by atomic mass is 32.2. The number of nitrogens with two attached hydrogens (primary N) is 1. The average molecular weight is 175 g/mol. The number of hydrogen-bond donors (Lipinski definition) is 1. The average Bonchev–Trinajstić information content (AvgIpc) is 2.46. The summed E-state index contributed by atoms with van der Waals surface area (Å²) >= 11 is 1.88. The molecule has 0 radical (unpaired) electrons. The molecule has 0 bridgehead atoms. The third-order valence-corrected chi connectivity index (χ3v) is 3.32. The van der Waals surface area contributed by atoms with Crippen LogP contribution in [0.2, 0.25) is 0 Å². The molecule has 0 aromatic rings. The van der Waals surface area contributed by atoms with Crippen molar-refractivity contribution in [2.45, 2.75) is 18.2 Å². The van der Waals surface area contributed by atoms with Crippen LogP contribution in [0.1, 0.15) is 6.42 Å². The second kappa shape index (κ2) is 2.94. The van der Waals surface area contributed by atoms with Crippen LogP contribution in [0.15, 0.2) is 0 Å². The van der Waals surface area contributed by atoms with Crippen molar-refractivity contribution in [2.75, 3.05) is 24.7 Å². The van der Waals surface area contributed by atoms with Crippen LogP contribution in [-0.4, -0.2) is 36.5 Å². The minimum absolute atomic E-state index is 0.0590. The van der Waals surface area contributed by atoms with E-state index >= 15 is 0 Å². The van der Waals surface area contributed by atoms with Gasteiger partial charge in [-0.25, -0.2) is 0 Å². The molecule has 2 heterocycles. The lowest BCUT2D eigenvalue weighted by Crippen LogP contribution is -2.53. The molecule has 4 heteroatoms. The van der Waals surface area contributed by atoms with Crippen LogP contribution in [0, 0.1) is 0 Å². The summed E-state index contributed by atoms with van der Waals surface area (Å²) < 4.78 is 11.1. The molecule has 3 nitrogen and oxygen atoms in total. The lowest BCUT2D eigenvalue weighted by molar-refractivity contribution is -0.171. The van der Waals surface area contributed by atoms with E-state index in [1.165, 1.54) is 0 Å². The Morgan fingerprint density at radius 2 is 2.09 bits per heavy atom. The molecule has 64 valence electrons. The first-order valence-corrected chi connectivity index (χ1v) is 5.10. The van der Waals surface area contributed by atoms with Gasteiger partial charge in [0.1, 0.15) is 0 Å². The maximum Gasteiger partial charge on any atom is 0.185 e. The van der Waals surface area contributed by atoms with E-state index in [2.05, 4.69) is 0 Å². The van der Waals surface area contributed by atoms with Crippen LogP contribution in [0.5, 0.6) is 0 Å². The fourth-order valence-electron chi connectivity index (χ4n) is 1.57. The van der Waals surface area contributed by atoms with E-state index in [4.69, 9.17) is 15.2 Å². The number of ether oxygens (including phenoxy) is 2. The summed E-state index contributed by atoms with van der Waals surface area (Å²) in [5.41, 5.74) is 5.90. The molecule has 2 fully saturated rings. The van der Waals surface area contributed by atoms with Crippen molar-refractivity contribution in [3.05, 3.63) is 0 Å². The Labute approximate surface area is 70.6 Å². The second-order valence-electron chi connectivity index (χ2n) is 2.94. The minimum Gasteiger partial charge on any atom is -0.346 e. The Balaban J connectivity index is 2.07. The van der Waals surface area contributed by atoms with Gasteiger partial charge in [-0.2, -0.15) is 11.8 Å². The number of hydrogen-bond acceptors (Lipinski definition) is 4. The van der Waals surface area contributed by atoms with E-state index in [1.807, 2.05) is 11.8 Å². The van der Waals surface area contributed by atoms with Crippen molar-refractivity contribution in [3.8, 4) is 0 Å². The molecule has 2 aliphatic rings. The summed E-state index contributed by atoms with van der Waals surface area (Å²) in [4.78, 5) is 0. The van der Waals surface area contributed by atoms with Crippen molar-refractivity contribution in [1.82, 2.24) is 0 Å². The van der Waals surface area contributed by atoms with Gasteiger partial charge in [-0.15, -0.1) is 0 Å². The molecule has 0 aromatic carbocycles. The summed E-state index contributed by atoms with van der Waals surface area (Å²) in [7, 11) is 0. The molecule has 0 saturated carbocycles. The second-order valence-corrected chi connectivity index (χ2v) is 4.09. The van der Waals surface area contributed by atoms with E-state index in [-0.39, 0.29) is 6.04 Å². The SMILES string of the molecule is NC1CSCCC12OCCO2. The molecule has 2 saturated heterocycles. The summed E-state index contributed by atoms with van der Waals surface area (Å²) in [5, 5.41) is 0. The Bertz CT molecular complexity index is 147. The summed E-state index contributed by atoms with van der Waals surface area (Å²) in [6.07, 6.45) is 0.943. The predicted octanol–water partition coefficient (Wildman–Crippen LogP) is 0.194. The zero-order valence-corrected chi connectivity index (χ0v) is 7.23. The maximum atomic E-state index is 5.90.